The van der Waals surface area contributed by atoms with Crippen LogP contribution in [0.1, 0.15) is 39.2 Å². The molecule has 0 radical (unpaired) electrons. The Balaban J connectivity index is 1.88. The summed E-state index contributed by atoms with van der Waals surface area (Å²) < 4.78 is 0. The maximum atomic E-state index is 12.2. The Hall–Kier alpha value is -1.77. The number of hydrogen-bond acceptors (Lipinski definition) is 1. The first-order valence-electron chi connectivity index (χ1n) is 7.81. The number of aromatic nitrogens is 1. The normalized spacial score (nSPS) is 12.8. The molecule has 1 amide bonds. The van der Waals surface area contributed by atoms with Gasteiger partial charge in [0.15, 0.2) is 0 Å². The predicted molar refractivity (Wildman–Crippen MR) is 88.3 cm³/mol. The molecule has 0 bridgehead atoms. The van der Waals surface area contributed by atoms with E-state index in [1.165, 1.54) is 16.5 Å². The second-order valence-electron chi connectivity index (χ2n) is 6.20. The summed E-state index contributed by atoms with van der Waals surface area (Å²) in [6.07, 6.45) is 4.53. The van der Waals surface area contributed by atoms with Crippen LogP contribution in [0, 0.1) is 5.92 Å². The zero-order valence-corrected chi connectivity index (χ0v) is 13.5. The summed E-state index contributed by atoms with van der Waals surface area (Å²) in [5, 5.41) is 1.27. The van der Waals surface area contributed by atoms with Crippen LogP contribution in [0.15, 0.2) is 30.5 Å². The molecular weight excluding hydrogens is 260 g/mol. The number of H-pyrrole nitrogens is 1. The third-order valence-corrected chi connectivity index (χ3v) is 4.48. The lowest BCUT2D eigenvalue weighted by Gasteiger charge is -2.28. The highest BCUT2D eigenvalue weighted by Crippen LogP contribution is 2.20. The molecule has 2 rings (SSSR count). The number of para-hydroxylation sites is 1. The van der Waals surface area contributed by atoms with Gasteiger partial charge >= 0.3 is 0 Å². The smallest absolute Gasteiger partial charge is 0.222 e. The van der Waals surface area contributed by atoms with Crippen LogP contribution in [0.5, 0.6) is 0 Å². The van der Waals surface area contributed by atoms with Crippen LogP contribution >= 0.6 is 0 Å². The number of benzene rings is 1. The van der Waals surface area contributed by atoms with Crippen LogP contribution in [0.3, 0.4) is 0 Å². The Kier molecular flexibility index (Phi) is 5.05. The average molecular weight is 286 g/mol. The minimum atomic E-state index is 0.246. The molecule has 1 aromatic carbocycles. The zero-order chi connectivity index (χ0) is 15.4. The minimum absolute atomic E-state index is 0.246. The van der Waals surface area contributed by atoms with Crippen molar-refractivity contribution in [2.24, 2.45) is 5.92 Å². The molecule has 2 aromatic rings. The monoisotopic (exact) mass is 286 g/mol. The number of aryl methyl sites for hydroxylation is 1. The van der Waals surface area contributed by atoms with Crippen molar-refractivity contribution in [3.8, 4) is 0 Å². The van der Waals surface area contributed by atoms with Gasteiger partial charge in [-0.05, 0) is 37.3 Å². The lowest BCUT2D eigenvalue weighted by atomic mass is 10.0. The summed E-state index contributed by atoms with van der Waals surface area (Å²) in [6.45, 7) is 6.42. The molecule has 0 aliphatic carbocycles. The van der Waals surface area contributed by atoms with Crippen molar-refractivity contribution in [3.05, 3.63) is 36.0 Å². The molecule has 3 nitrogen and oxygen atoms in total. The standard InChI is InChI=1S/C18H26N2O/c1-13(2)14(3)20(4)18(21)11-7-8-15-12-19-17-10-6-5-9-16(15)17/h5-6,9-10,12-14,19H,7-8,11H2,1-4H3. The maximum absolute atomic E-state index is 12.2. The Morgan fingerprint density at radius 3 is 2.67 bits per heavy atom. The van der Waals surface area contributed by atoms with Crippen molar-refractivity contribution < 1.29 is 4.79 Å². The third kappa shape index (κ3) is 3.66. The average Bonchev–Trinajstić information content (AvgIpc) is 2.89. The van der Waals surface area contributed by atoms with E-state index in [4.69, 9.17) is 0 Å². The van der Waals surface area contributed by atoms with E-state index in [1.54, 1.807) is 0 Å². The van der Waals surface area contributed by atoms with Gasteiger partial charge in [0.05, 0.1) is 0 Å². The molecule has 3 heteroatoms. The fraction of sp³-hybridized carbons (Fsp3) is 0.500. The fourth-order valence-corrected chi connectivity index (χ4v) is 2.62. The van der Waals surface area contributed by atoms with E-state index in [0.717, 1.165) is 12.8 Å². The zero-order valence-electron chi connectivity index (χ0n) is 13.5. The number of nitrogens with one attached hydrogen (secondary N) is 1. The van der Waals surface area contributed by atoms with Crippen molar-refractivity contribution in [3.63, 3.8) is 0 Å². The largest absolute Gasteiger partial charge is 0.361 e. The minimum Gasteiger partial charge on any atom is -0.361 e. The first kappa shape index (κ1) is 15.6. The highest BCUT2D eigenvalue weighted by atomic mass is 16.2. The van der Waals surface area contributed by atoms with Crippen molar-refractivity contribution in [2.45, 2.75) is 46.1 Å². The number of hydrogen-bond donors (Lipinski definition) is 1. The molecule has 21 heavy (non-hydrogen) atoms. The van der Waals surface area contributed by atoms with Gasteiger partial charge in [-0.1, -0.05) is 32.0 Å². The molecule has 1 heterocycles. The van der Waals surface area contributed by atoms with Gasteiger partial charge in [-0.3, -0.25) is 4.79 Å². The third-order valence-electron chi connectivity index (χ3n) is 4.48. The van der Waals surface area contributed by atoms with E-state index in [-0.39, 0.29) is 5.91 Å². The molecule has 0 fully saturated rings. The Labute approximate surface area is 127 Å². The maximum Gasteiger partial charge on any atom is 0.222 e. The van der Waals surface area contributed by atoms with E-state index in [0.29, 0.717) is 18.4 Å². The summed E-state index contributed by atoms with van der Waals surface area (Å²) >= 11 is 0. The van der Waals surface area contributed by atoms with E-state index in [9.17, 15) is 4.79 Å². The summed E-state index contributed by atoms with van der Waals surface area (Å²) in [5.41, 5.74) is 2.47. The second kappa shape index (κ2) is 6.79. The van der Waals surface area contributed by atoms with Crippen molar-refractivity contribution in [1.82, 2.24) is 9.88 Å². The number of carbonyl (C=O) groups is 1. The van der Waals surface area contributed by atoms with Crippen LogP contribution in [0.2, 0.25) is 0 Å². The molecule has 0 spiro atoms. The summed E-state index contributed by atoms with van der Waals surface area (Å²) in [6, 6.07) is 8.61. The van der Waals surface area contributed by atoms with E-state index in [2.05, 4.69) is 50.2 Å². The molecule has 1 atom stereocenters. The van der Waals surface area contributed by atoms with E-state index >= 15 is 0 Å². The van der Waals surface area contributed by atoms with Gasteiger partial charge in [-0.25, -0.2) is 0 Å². The first-order valence-corrected chi connectivity index (χ1v) is 7.81. The van der Waals surface area contributed by atoms with Gasteiger partial charge in [0, 0.05) is 36.6 Å². The number of amides is 1. The molecule has 0 aliphatic rings. The van der Waals surface area contributed by atoms with Crippen molar-refractivity contribution in [2.75, 3.05) is 7.05 Å². The van der Waals surface area contributed by atoms with E-state index in [1.807, 2.05) is 18.0 Å². The summed E-state index contributed by atoms with van der Waals surface area (Å²) in [4.78, 5) is 17.4. The summed E-state index contributed by atoms with van der Waals surface area (Å²) in [7, 11) is 1.92. The van der Waals surface area contributed by atoms with Crippen LogP contribution in [0.4, 0.5) is 0 Å². The molecule has 114 valence electrons. The predicted octanol–water partition coefficient (Wildman–Crippen LogP) is 3.99. The highest BCUT2D eigenvalue weighted by molar-refractivity contribution is 5.83. The number of carbonyl (C=O) groups excluding carboxylic acids is 1. The Morgan fingerprint density at radius 1 is 1.24 bits per heavy atom. The quantitative estimate of drug-likeness (QED) is 0.856. The molecular formula is C18H26N2O. The Morgan fingerprint density at radius 2 is 1.95 bits per heavy atom. The van der Waals surface area contributed by atoms with Crippen LogP contribution in [-0.4, -0.2) is 28.9 Å². The molecule has 1 aromatic heterocycles. The number of rotatable bonds is 6. The second-order valence-corrected chi connectivity index (χ2v) is 6.20. The molecule has 1 N–H and O–H groups in total. The highest BCUT2D eigenvalue weighted by Gasteiger charge is 2.18. The number of nitrogens with zero attached hydrogens (tertiary/aromatic N) is 1. The van der Waals surface area contributed by atoms with Gasteiger partial charge in [0.25, 0.3) is 0 Å². The van der Waals surface area contributed by atoms with Gasteiger partial charge < -0.3 is 9.88 Å². The van der Waals surface area contributed by atoms with Crippen LogP contribution in [-0.2, 0) is 11.2 Å². The Bertz CT molecular complexity index is 600. The first-order chi connectivity index (χ1) is 10.0. The molecule has 0 aliphatic heterocycles. The number of fused-ring (bicyclic) bond motifs is 1. The van der Waals surface area contributed by atoms with Gasteiger partial charge in [0.1, 0.15) is 0 Å². The lowest BCUT2D eigenvalue weighted by Crippen LogP contribution is -2.38. The van der Waals surface area contributed by atoms with E-state index < -0.39 is 0 Å². The van der Waals surface area contributed by atoms with Gasteiger partial charge in [-0.15, -0.1) is 0 Å². The van der Waals surface area contributed by atoms with Crippen LogP contribution in [0.25, 0.3) is 10.9 Å². The fourth-order valence-electron chi connectivity index (χ4n) is 2.62. The topological polar surface area (TPSA) is 36.1 Å². The van der Waals surface area contributed by atoms with Crippen molar-refractivity contribution >= 4 is 16.8 Å². The molecule has 0 saturated carbocycles. The number of aromatic amines is 1. The lowest BCUT2D eigenvalue weighted by molar-refractivity contribution is -0.132. The van der Waals surface area contributed by atoms with Gasteiger partial charge in [0.2, 0.25) is 5.91 Å². The van der Waals surface area contributed by atoms with Crippen molar-refractivity contribution in [1.29, 1.82) is 0 Å². The summed E-state index contributed by atoms with van der Waals surface area (Å²) in [5.74, 6) is 0.739. The van der Waals surface area contributed by atoms with Crippen LogP contribution < -0.4 is 0 Å². The molecule has 1 unspecified atom stereocenters. The molecule has 0 saturated heterocycles. The SMILES string of the molecule is CC(C)C(C)N(C)C(=O)CCCc1c[nH]c2ccccc12. The van der Waals surface area contributed by atoms with Gasteiger partial charge in [-0.2, -0.15) is 0 Å².